The van der Waals surface area contributed by atoms with Gasteiger partial charge >= 0.3 is 0 Å². The van der Waals surface area contributed by atoms with E-state index in [4.69, 9.17) is 0 Å². The van der Waals surface area contributed by atoms with Crippen LogP contribution in [0.5, 0.6) is 0 Å². The van der Waals surface area contributed by atoms with E-state index in [0.717, 1.165) is 13.8 Å². The van der Waals surface area contributed by atoms with Crippen molar-refractivity contribution in [1.29, 1.82) is 0 Å². The van der Waals surface area contributed by atoms with Crippen LogP contribution in [0.15, 0.2) is 243 Å². The summed E-state index contributed by atoms with van der Waals surface area (Å²) in [5.41, 5.74) is 24.2. The third-order valence-corrected chi connectivity index (χ3v) is 18.6. The van der Waals surface area contributed by atoms with Crippen molar-refractivity contribution in [2.75, 3.05) is 0 Å². The van der Waals surface area contributed by atoms with Gasteiger partial charge in [0.05, 0.1) is 11.0 Å². The number of hydrogen-bond acceptors (Lipinski definition) is 1. The quantitative estimate of drug-likeness (QED) is 0.0730. The van der Waals surface area contributed by atoms with Gasteiger partial charge in [-0.2, -0.15) is 0 Å². The lowest BCUT2D eigenvalue weighted by molar-refractivity contribution is 0.436. The number of halogens is 4. The summed E-state index contributed by atoms with van der Waals surface area (Å²) in [6, 6.07) is 83.3. The van der Waals surface area contributed by atoms with Crippen LogP contribution in [0.25, 0.3) is 92.8 Å². The predicted octanol–water partition coefficient (Wildman–Crippen LogP) is 25.5. The Labute approximate surface area is 563 Å². The third kappa shape index (κ3) is 13.9. The minimum Gasteiger partial charge on any atom is -0.309 e. The van der Waals surface area contributed by atoms with Crippen LogP contribution in [0.2, 0.25) is 0 Å². The number of para-hydroxylation sites is 1. The summed E-state index contributed by atoms with van der Waals surface area (Å²) >= 11 is 0. The molecule has 1 aliphatic carbocycles. The molecule has 0 saturated heterocycles. The summed E-state index contributed by atoms with van der Waals surface area (Å²) in [5, 5.41) is 13.5. The van der Waals surface area contributed by atoms with Gasteiger partial charge in [-0.1, -0.05) is 241 Å². The minimum absolute atomic E-state index is 0.142. The van der Waals surface area contributed by atoms with Crippen LogP contribution in [0.1, 0.15) is 91.7 Å². The fourth-order valence-corrected chi connectivity index (χ4v) is 13.5. The van der Waals surface area contributed by atoms with Crippen molar-refractivity contribution in [3.8, 4) is 27.9 Å². The molecule has 1 aliphatic rings. The summed E-state index contributed by atoms with van der Waals surface area (Å²) in [5.74, 6) is -5.31. The van der Waals surface area contributed by atoms with Crippen LogP contribution in [-0.2, 0) is 5.41 Å². The number of aryl methyl sites for hydroxylation is 10. The molecule has 0 spiro atoms. The number of pyridine rings is 1. The molecule has 15 aromatic rings. The van der Waals surface area contributed by atoms with Gasteiger partial charge in [-0.15, -0.1) is 0 Å². The van der Waals surface area contributed by atoms with Gasteiger partial charge in [-0.25, -0.2) is 17.6 Å². The molecule has 0 radical (unpaired) electrons. The van der Waals surface area contributed by atoms with Crippen molar-refractivity contribution in [2.45, 2.75) is 102 Å². The van der Waals surface area contributed by atoms with Gasteiger partial charge in [0.2, 0.25) is 0 Å². The molecule has 0 N–H and O–H groups in total. The van der Waals surface area contributed by atoms with E-state index in [1.54, 1.807) is 0 Å². The first-order valence-electron chi connectivity index (χ1n) is 32.8. The number of fused-ring (bicyclic) bond motifs is 11. The molecule has 2 heterocycles. The molecule has 0 atom stereocenters. The molecule has 0 bridgehead atoms. The Kier molecular flexibility index (Phi) is 19.7. The van der Waals surface area contributed by atoms with E-state index in [1.807, 2.05) is 24.5 Å². The summed E-state index contributed by atoms with van der Waals surface area (Å²) in [7, 11) is 0. The SMILES string of the molecule is Cc1c(F)c(F)c(C)c(F)c1F.Cc1c2ccccc2c(C)c2ccccc12.Cc1cc(C)cc(-c2ccncc2)c1.Cc1ccc2c(c1)C(C)(C)c1cc(C)ccc1-2.Cc1ccc2c(c1)c1ccc(C)cc1n2-c1ccccc1.Cc1ccc2c(ccc3cc(C)ccc32)c1. The summed E-state index contributed by atoms with van der Waals surface area (Å²) in [4.78, 5) is 4.02. The lowest BCUT2D eigenvalue weighted by atomic mass is 9.81. The van der Waals surface area contributed by atoms with E-state index < -0.39 is 34.4 Å². The van der Waals surface area contributed by atoms with Crippen LogP contribution in [-0.4, -0.2) is 9.55 Å². The number of hydrogen-bond donors (Lipinski definition) is 0. The van der Waals surface area contributed by atoms with Gasteiger partial charge in [0.15, 0.2) is 23.3 Å². The summed E-state index contributed by atoms with van der Waals surface area (Å²) in [6.45, 7) is 28.2. The Bertz CT molecular complexity index is 5030. The molecule has 0 unspecified atom stereocenters. The second-order valence-corrected chi connectivity index (χ2v) is 26.4. The highest BCUT2D eigenvalue weighted by atomic mass is 19.2. The molecule has 480 valence electrons. The first kappa shape index (κ1) is 67.0. The molecule has 16 rings (SSSR count). The van der Waals surface area contributed by atoms with E-state index in [9.17, 15) is 17.6 Å². The standard InChI is InChI=1S/C20H17N.C17H18.2C16H14.C13H13N.C8H6F4/c1-14-9-11-19-18(12-14)17-10-8-15(2)13-20(17)21(19)16-6-4-3-5-7-16;1-11-5-7-13-14-8-6-12(2)10-16(14)17(3,4)15(13)9-11;1-11-3-7-15-13(9-11)5-6-14-10-12(2)4-8-16(14)15;1-11-13-7-3-5-9-15(13)12(2)16-10-6-4-8-14(11)16;1-10-7-11(2)9-13(8-10)12-3-5-14-6-4-12;1-3-5(9)7(11)4(2)8(12)6(3)10/h3-13H,1-2H3;5-10H,1-4H3;2*3-10H,1-2H3;3-9H,1-2H3;1-2H3. The number of benzene rings is 13. The van der Waals surface area contributed by atoms with Gasteiger partial charge in [0.1, 0.15) is 0 Å². The highest BCUT2D eigenvalue weighted by Gasteiger charge is 2.35. The Hall–Kier alpha value is -10.4. The number of nitrogens with zero attached hydrogens (tertiary/aromatic N) is 2. The second-order valence-electron chi connectivity index (χ2n) is 26.4. The Balaban J connectivity index is 0.000000118. The maximum Gasteiger partial charge on any atom is 0.165 e. The minimum atomic E-state index is -1.33. The zero-order valence-electron chi connectivity index (χ0n) is 57.5. The van der Waals surface area contributed by atoms with Gasteiger partial charge in [0, 0.05) is 45.4 Å². The van der Waals surface area contributed by atoms with E-state index in [2.05, 4.69) is 311 Å². The normalized spacial score (nSPS) is 11.7. The topological polar surface area (TPSA) is 17.8 Å². The van der Waals surface area contributed by atoms with Gasteiger partial charge in [0.25, 0.3) is 0 Å². The molecule has 2 aromatic heterocycles. The van der Waals surface area contributed by atoms with Gasteiger partial charge in [-0.05, 0) is 219 Å². The lowest BCUT2D eigenvalue weighted by Crippen LogP contribution is -2.15. The average molecular weight is 1270 g/mol. The van der Waals surface area contributed by atoms with Crippen molar-refractivity contribution < 1.29 is 17.6 Å². The Morgan fingerprint density at radius 1 is 0.281 bits per heavy atom. The summed E-state index contributed by atoms with van der Waals surface area (Å²) in [6.07, 6.45) is 3.65. The number of aromatic nitrogens is 2. The highest BCUT2D eigenvalue weighted by molar-refractivity contribution is 6.10. The lowest BCUT2D eigenvalue weighted by Gasteiger charge is -2.22. The highest BCUT2D eigenvalue weighted by Crippen LogP contribution is 2.49. The second kappa shape index (κ2) is 28.3. The van der Waals surface area contributed by atoms with Crippen molar-refractivity contribution in [3.63, 3.8) is 0 Å². The smallest absolute Gasteiger partial charge is 0.165 e. The largest absolute Gasteiger partial charge is 0.309 e. The zero-order chi connectivity index (χ0) is 68.3. The molecule has 13 aromatic carbocycles. The fourth-order valence-electron chi connectivity index (χ4n) is 13.5. The van der Waals surface area contributed by atoms with Crippen molar-refractivity contribution in [3.05, 3.63) is 344 Å². The first-order chi connectivity index (χ1) is 46.0. The molecule has 0 fully saturated rings. The maximum atomic E-state index is 12.7. The molecule has 6 heteroatoms. The Morgan fingerprint density at radius 2 is 0.667 bits per heavy atom. The molecular formula is C90H82F4N2. The van der Waals surface area contributed by atoms with Crippen molar-refractivity contribution in [1.82, 2.24) is 9.55 Å². The average Bonchev–Trinajstić information content (AvgIpc) is 1.57. The molecule has 0 amide bonds. The molecular weight excluding hydrogens is 1180 g/mol. The van der Waals surface area contributed by atoms with Crippen LogP contribution >= 0.6 is 0 Å². The molecule has 96 heavy (non-hydrogen) atoms. The van der Waals surface area contributed by atoms with Crippen LogP contribution in [0.3, 0.4) is 0 Å². The zero-order valence-corrected chi connectivity index (χ0v) is 57.5. The Morgan fingerprint density at radius 3 is 1.12 bits per heavy atom. The van der Waals surface area contributed by atoms with E-state index in [0.29, 0.717) is 0 Å². The summed E-state index contributed by atoms with van der Waals surface area (Å²) < 4.78 is 53.0. The van der Waals surface area contributed by atoms with Gasteiger partial charge in [-0.3, -0.25) is 4.98 Å². The van der Waals surface area contributed by atoms with Gasteiger partial charge < -0.3 is 4.57 Å². The van der Waals surface area contributed by atoms with E-state index >= 15 is 0 Å². The van der Waals surface area contributed by atoms with E-state index in [1.165, 1.54) is 160 Å². The number of rotatable bonds is 2. The molecule has 0 saturated carbocycles. The van der Waals surface area contributed by atoms with Crippen molar-refractivity contribution in [2.24, 2.45) is 0 Å². The fraction of sp³-hybridized carbons (Fsp3) is 0.167. The molecule has 0 aliphatic heterocycles. The van der Waals surface area contributed by atoms with E-state index in [-0.39, 0.29) is 5.41 Å². The predicted molar refractivity (Wildman–Crippen MR) is 400 cm³/mol. The third-order valence-electron chi connectivity index (χ3n) is 18.6. The first-order valence-corrected chi connectivity index (χ1v) is 32.8. The van der Waals surface area contributed by atoms with Crippen molar-refractivity contribution >= 4 is 64.9 Å². The van der Waals surface area contributed by atoms with Crippen LogP contribution in [0, 0.1) is 106 Å². The van der Waals surface area contributed by atoms with Crippen LogP contribution in [0.4, 0.5) is 17.6 Å². The monoisotopic (exact) mass is 1270 g/mol. The maximum absolute atomic E-state index is 12.7. The van der Waals surface area contributed by atoms with Crippen LogP contribution < -0.4 is 0 Å². The molecule has 2 nitrogen and oxygen atoms in total.